The summed E-state index contributed by atoms with van der Waals surface area (Å²) in [6.07, 6.45) is 6.96. The Labute approximate surface area is 178 Å². The van der Waals surface area contributed by atoms with E-state index < -0.39 is 0 Å². The van der Waals surface area contributed by atoms with E-state index >= 15 is 0 Å². The molecule has 1 N–H and O–H groups in total. The molecule has 30 heavy (non-hydrogen) atoms. The maximum atomic E-state index is 12.3. The molecule has 0 aliphatic carbocycles. The number of thiophene rings is 1. The fraction of sp³-hybridized carbons (Fsp3) is 0.273. The quantitative estimate of drug-likeness (QED) is 0.388. The minimum atomic E-state index is -0.0909. The Morgan fingerprint density at radius 2 is 2.00 bits per heavy atom. The number of nitrogens with one attached hydrogen (secondary N) is 1. The average Bonchev–Trinajstić information content (AvgIpc) is 3.53. The van der Waals surface area contributed by atoms with Crippen LogP contribution in [0, 0.1) is 0 Å². The topological polar surface area (TPSA) is 85.8 Å². The Bertz CT molecular complexity index is 1060. The number of benzene rings is 1. The predicted octanol–water partition coefficient (Wildman–Crippen LogP) is 4.19. The molecule has 4 aromatic rings. The van der Waals surface area contributed by atoms with E-state index in [0.717, 1.165) is 36.1 Å². The van der Waals surface area contributed by atoms with Crippen LogP contribution in [0.5, 0.6) is 0 Å². The van der Waals surface area contributed by atoms with E-state index in [1.54, 1.807) is 28.4 Å². The zero-order valence-corrected chi connectivity index (χ0v) is 17.3. The van der Waals surface area contributed by atoms with E-state index in [1.165, 1.54) is 0 Å². The summed E-state index contributed by atoms with van der Waals surface area (Å²) in [4.78, 5) is 17.7. The third-order valence-electron chi connectivity index (χ3n) is 4.65. The molecule has 3 heterocycles. The van der Waals surface area contributed by atoms with Gasteiger partial charge in [0.2, 0.25) is 11.7 Å². The molecule has 8 heteroatoms. The van der Waals surface area contributed by atoms with Crippen molar-refractivity contribution in [3.63, 3.8) is 0 Å². The summed E-state index contributed by atoms with van der Waals surface area (Å²) in [5.74, 6) is 1.22. The zero-order chi connectivity index (χ0) is 20.6. The van der Waals surface area contributed by atoms with Gasteiger partial charge < -0.3 is 9.84 Å². The van der Waals surface area contributed by atoms with Crippen molar-refractivity contribution < 1.29 is 9.32 Å². The summed E-state index contributed by atoms with van der Waals surface area (Å²) in [6.45, 7) is 1.28. The van der Waals surface area contributed by atoms with Crippen molar-refractivity contribution in [3.05, 3.63) is 77.3 Å². The molecule has 0 bridgehead atoms. The van der Waals surface area contributed by atoms with Crippen LogP contribution < -0.4 is 5.32 Å². The molecule has 3 aromatic heterocycles. The van der Waals surface area contributed by atoms with Crippen LogP contribution in [0.25, 0.3) is 10.7 Å². The monoisotopic (exact) mass is 421 g/mol. The minimum absolute atomic E-state index is 0.0909. The first-order chi connectivity index (χ1) is 14.8. The van der Waals surface area contributed by atoms with Gasteiger partial charge in [-0.3, -0.25) is 9.48 Å². The van der Waals surface area contributed by atoms with Crippen LogP contribution in [0.1, 0.15) is 41.1 Å². The minimum Gasteiger partial charge on any atom is -0.352 e. The van der Waals surface area contributed by atoms with Crippen molar-refractivity contribution in [3.8, 4) is 10.7 Å². The fourth-order valence-corrected chi connectivity index (χ4v) is 3.73. The summed E-state index contributed by atoms with van der Waals surface area (Å²) in [7, 11) is 0. The summed E-state index contributed by atoms with van der Waals surface area (Å²) in [5.41, 5.74) is 1.73. The van der Waals surface area contributed by atoms with Crippen molar-refractivity contribution in [2.75, 3.05) is 6.54 Å². The van der Waals surface area contributed by atoms with Crippen molar-refractivity contribution in [1.29, 1.82) is 0 Å². The van der Waals surface area contributed by atoms with Gasteiger partial charge in [-0.2, -0.15) is 10.1 Å². The number of nitrogens with zero attached hydrogens (tertiary/aromatic N) is 4. The molecule has 0 saturated carbocycles. The number of unbranched alkanes of at least 4 members (excludes halogenated alkanes) is 2. The van der Waals surface area contributed by atoms with Gasteiger partial charge in [0.05, 0.1) is 23.2 Å². The number of amides is 1. The lowest BCUT2D eigenvalue weighted by Crippen LogP contribution is -2.24. The van der Waals surface area contributed by atoms with Crippen molar-refractivity contribution in [2.24, 2.45) is 0 Å². The average molecular weight is 422 g/mol. The molecular formula is C22H23N5O2S. The molecule has 0 unspecified atom stereocenters. The number of aromatic nitrogens is 4. The van der Waals surface area contributed by atoms with Gasteiger partial charge in [-0.15, -0.1) is 11.3 Å². The summed E-state index contributed by atoms with van der Waals surface area (Å²) in [5, 5.41) is 13.2. The van der Waals surface area contributed by atoms with Crippen LogP contribution in [0.2, 0.25) is 0 Å². The van der Waals surface area contributed by atoms with E-state index in [-0.39, 0.29) is 5.91 Å². The number of carbonyl (C=O) groups excluding carboxylic acids is 1. The molecule has 154 valence electrons. The van der Waals surface area contributed by atoms with Gasteiger partial charge in [-0.25, -0.2) is 0 Å². The molecule has 0 saturated heterocycles. The van der Waals surface area contributed by atoms with Crippen LogP contribution in [-0.2, 0) is 13.0 Å². The highest BCUT2D eigenvalue weighted by Crippen LogP contribution is 2.21. The summed E-state index contributed by atoms with van der Waals surface area (Å²) in [6, 6.07) is 14.0. The van der Waals surface area contributed by atoms with Gasteiger partial charge in [-0.05, 0) is 29.9 Å². The van der Waals surface area contributed by atoms with E-state index in [4.69, 9.17) is 4.52 Å². The molecule has 0 spiro atoms. The first kappa shape index (κ1) is 20.0. The molecule has 7 nitrogen and oxygen atoms in total. The third kappa shape index (κ3) is 5.42. The second-order valence-electron chi connectivity index (χ2n) is 6.97. The molecule has 1 amide bonds. The van der Waals surface area contributed by atoms with Crippen LogP contribution >= 0.6 is 11.3 Å². The Morgan fingerprint density at radius 1 is 1.10 bits per heavy atom. The number of rotatable bonds is 10. The van der Waals surface area contributed by atoms with Crippen LogP contribution in [0.15, 0.2) is 64.8 Å². The Kier molecular flexibility index (Phi) is 6.66. The highest BCUT2D eigenvalue weighted by Gasteiger charge is 2.10. The largest absolute Gasteiger partial charge is 0.352 e. The van der Waals surface area contributed by atoms with Crippen LogP contribution in [0.3, 0.4) is 0 Å². The fourth-order valence-electron chi connectivity index (χ4n) is 3.08. The first-order valence-electron chi connectivity index (χ1n) is 9.99. The maximum Gasteiger partial charge on any atom is 0.254 e. The number of carbonyl (C=O) groups is 1. The number of hydrogen-bond donors (Lipinski definition) is 1. The maximum absolute atomic E-state index is 12.3. The highest BCUT2D eigenvalue weighted by atomic mass is 32.1. The van der Waals surface area contributed by atoms with E-state index in [1.807, 2.05) is 47.8 Å². The zero-order valence-electron chi connectivity index (χ0n) is 16.5. The Hall–Kier alpha value is -3.26. The second kappa shape index (κ2) is 9.98. The molecule has 1 aromatic carbocycles. The van der Waals surface area contributed by atoms with Gasteiger partial charge in [0.1, 0.15) is 0 Å². The highest BCUT2D eigenvalue weighted by molar-refractivity contribution is 7.13. The van der Waals surface area contributed by atoms with E-state index in [9.17, 15) is 4.79 Å². The third-order valence-corrected chi connectivity index (χ3v) is 5.51. The molecular weight excluding hydrogens is 398 g/mol. The molecule has 0 aliphatic heterocycles. The Morgan fingerprint density at radius 3 is 2.83 bits per heavy atom. The van der Waals surface area contributed by atoms with E-state index in [0.29, 0.717) is 30.4 Å². The van der Waals surface area contributed by atoms with Crippen molar-refractivity contribution >= 4 is 17.2 Å². The molecule has 0 fully saturated rings. The van der Waals surface area contributed by atoms with Gasteiger partial charge in [-0.1, -0.05) is 48.0 Å². The lowest BCUT2D eigenvalue weighted by molar-refractivity contribution is 0.0953. The lowest BCUT2D eigenvalue weighted by Gasteiger charge is -2.03. The van der Waals surface area contributed by atoms with Crippen LogP contribution in [0.4, 0.5) is 0 Å². The normalized spacial score (nSPS) is 10.9. The first-order valence-corrected chi connectivity index (χ1v) is 10.9. The van der Waals surface area contributed by atoms with Crippen LogP contribution in [-0.4, -0.2) is 32.4 Å². The molecule has 4 rings (SSSR count). The summed E-state index contributed by atoms with van der Waals surface area (Å²) < 4.78 is 7.08. The number of aryl methyl sites for hydroxylation is 1. The second-order valence-corrected chi connectivity index (χ2v) is 7.92. The standard InChI is InChI=1S/C22H23N5O2S/c28-22(18-14-24-27(16-18)15-17-8-3-1-4-9-17)23-12-6-2-5-11-20-25-21(26-29-20)19-10-7-13-30-19/h1,3-4,7-10,13-14,16H,2,5-6,11-12,15H2,(H,23,28). The molecule has 0 radical (unpaired) electrons. The smallest absolute Gasteiger partial charge is 0.254 e. The molecule has 0 atom stereocenters. The summed E-state index contributed by atoms with van der Waals surface area (Å²) >= 11 is 1.60. The van der Waals surface area contributed by atoms with Gasteiger partial charge in [0.25, 0.3) is 5.91 Å². The Balaban J connectivity index is 1.13. The SMILES string of the molecule is O=C(NCCCCCc1nc(-c2cccs2)no1)c1cnn(Cc2ccccc2)c1. The lowest BCUT2D eigenvalue weighted by atomic mass is 10.2. The number of hydrogen-bond acceptors (Lipinski definition) is 6. The van der Waals surface area contributed by atoms with Gasteiger partial charge in [0.15, 0.2) is 0 Å². The predicted molar refractivity (Wildman–Crippen MR) is 115 cm³/mol. The van der Waals surface area contributed by atoms with E-state index in [2.05, 4.69) is 20.6 Å². The van der Waals surface area contributed by atoms with Gasteiger partial charge in [0, 0.05) is 19.2 Å². The van der Waals surface area contributed by atoms with Gasteiger partial charge >= 0.3 is 0 Å². The molecule has 0 aliphatic rings. The van der Waals surface area contributed by atoms with Crippen molar-refractivity contribution in [2.45, 2.75) is 32.2 Å². The van der Waals surface area contributed by atoms with Crippen molar-refractivity contribution in [1.82, 2.24) is 25.2 Å².